The highest BCUT2D eigenvalue weighted by Gasteiger charge is 2.43. The van der Waals surface area contributed by atoms with Gasteiger partial charge in [0.15, 0.2) is 0 Å². The summed E-state index contributed by atoms with van der Waals surface area (Å²) in [5.74, 6) is 0. The molecule has 0 aromatic carbocycles. The number of nitrogens with two attached hydrogens (primary N) is 1. The predicted molar refractivity (Wildman–Crippen MR) is 68.5 cm³/mol. The molecule has 1 aliphatic heterocycles. The van der Waals surface area contributed by atoms with Crippen molar-refractivity contribution in [3.05, 3.63) is 0 Å². The van der Waals surface area contributed by atoms with Crippen molar-refractivity contribution in [2.24, 2.45) is 11.1 Å². The van der Waals surface area contributed by atoms with E-state index in [1.165, 1.54) is 52.0 Å². The second-order valence-corrected chi connectivity index (χ2v) is 5.94. The molecular weight excluding hydrogens is 198 g/mol. The number of piperazine rings is 1. The van der Waals surface area contributed by atoms with Crippen LogP contribution < -0.4 is 5.73 Å². The van der Waals surface area contributed by atoms with Crippen LogP contribution in [0.5, 0.6) is 0 Å². The van der Waals surface area contributed by atoms with E-state index in [9.17, 15) is 0 Å². The van der Waals surface area contributed by atoms with Gasteiger partial charge in [0.1, 0.15) is 0 Å². The first-order chi connectivity index (χ1) is 7.65. The molecule has 3 nitrogen and oxygen atoms in total. The Labute approximate surface area is 100.0 Å². The van der Waals surface area contributed by atoms with Crippen LogP contribution >= 0.6 is 0 Å². The summed E-state index contributed by atoms with van der Waals surface area (Å²) in [5.41, 5.74) is 6.31. The Kier molecular flexibility index (Phi) is 3.88. The maximum atomic E-state index is 5.69. The third-order valence-corrected chi connectivity index (χ3v) is 4.33. The highest BCUT2D eigenvalue weighted by Crippen LogP contribution is 2.49. The molecule has 3 heteroatoms. The van der Waals surface area contributed by atoms with Gasteiger partial charge in [0.25, 0.3) is 0 Å². The summed E-state index contributed by atoms with van der Waals surface area (Å²) in [6.07, 6.45) is 4.06. The number of hydrogen-bond acceptors (Lipinski definition) is 3. The Morgan fingerprint density at radius 1 is 1.12 bits per heavy atom. The molecule has 2 rings (SSSR count). The third-order valence-electron chi connectivity index (χ3n) is 4.33. The van der Waals surface area contributed by atoms with Crippen LogP contribution in [0.15, 0.2) is 0 Å². The molecule has 0 amide bonds. The lowest BCUT2D eigenvalue weighted by Crippen LogP contribution is -2.50. The topological polar surface area (TPSA) is 32.5 Å². The van der Waals surface area contributed by atoms with Gasteiger partial charge in [-0.2, -0.15) is 0 Å². The van der Waals surface area contributed by atoms with Crippen LogP contribution in [-0.4, -0.2) is 55.1 Å². The molecule has 0 radical (unpaired) electrons. The average molecular weight is 225 g/mol. The zero-order chi connectivity index (χ0) is 11.6. The molecule has 2 fully saturated rings. The Bertz CT molecular complexity index is 215. The maximum absolute atomic E-state index is 5.69. The van der Waals surface area contributed by atoms with E-state index in [0.29, 0.717) is 11.5 Å². The summed E-state index contributed by atoms with van der Waals surface area (Å²) in [6, 6.07) is 0.709. The van der Waals surface area contributed by atoms with Crippen LogP contribution in [0.4, 0.5) is 0 Å². The van der Waals surface area contributed by atoms with Crippen molar-refractivity contribution >= 4 is 0 Å². The van der Waals surface area contributed by atoms with Crippen LogP contribution in [0, 0.1) is 5.41 Å². The molecule has 1 saturated carbocycles. The van der Waals surface area contributed by atoms with E-state index in [0.717, 1.165) is 6.54 Å². The Hall–Kier alpha value is -0.120. The normalized spacial score (nSPS) is 26.2. The molecule has 0 bridgehead atoms. The van der Waals surface area contributed by atoms with Gasteiger partial charge in [0, 0.05) is 38.8 Å². The van der Waals surface area contributed by atoms with E-state index in [1.807, 2.05) is 0 Å². The minimum absolute atomic E-state index is 0.620. The van der Waals surface area contributed by atoms with E-state index in [4.69, 9.17) is 5.73 Å². The molecular formula is C13H27N3. The van der Waals surface area contributed by atoms with Crippen LogP contribution in [0.25, 0.3) is 0 Å². The molecule has 2 N–H and O–H groups in total. The molecule has 0 aromatic rings. The Morgan fingerprint density at radius 3 is 2.19 bits per heavy atom. The van der Waals surface area contributed by atoms with E-state index >= 15 is 0 Å². The second kappa shape index (κ2) is 5.03. The fourth-order valence-electron chi connectivity index (χ4n) is 2.88. The summed E-state index contributed by atoms with van der Waals surface area (Å²) in [5, 5.41) is 0. The molecule has 1 saturated heterocycles. The molecule has 94 valence electrons. The maximum Gasteiger partial charge on any atom is 0.0113 e. The van der Waals surface area contributed by atoms with Gasteiger partial charge >= 0.3 is 0 Å². The zero-order valence-corrected chi connectivity index (χ0v) is 10.9. The van der Waals surface area contributed by atoms with Gasteiger partial charge in [0.05, 0.1) is 0 Å². The van der Waals surface area contributed by atoms with Gasteiger partial charge in [-0.25, -0.2) is 0 Å². The molecule has 16 heavy (non-hydrogen) atoms. The van der Waals surface area contributed by atoms with Crippen molar-refractivity contribution < 1.29 is 0 Å². The molecule has 2 aliphatic rings. The SMILES string of the molecule is CC(C)N1CCN(CC2(CCN)CC2)CC1. The predicted octanol–water partition coefficient (Wildman–Crippen LogP) is 1.14. The van der Waals surface area contributed by atoms with Crippen LogP contribution in [0.3, 0.4) is 0 Å². The zero-order valence-electron chi connectivity index (χ0n) is 10.9. The monoisotopic (exact) mass is 225 g/mol. The molecule has 0 unspecified atom stereocenters. The number of rotatable bonds is 5. The molecule has 0 atom stereocenters. The summed E-state index contributed by atoms with van der Waals surface area (Å²) >= 11 is 0. The van der Waals surface area contributed by atoms with E-state index in [-0.39, 0.29) is 0 Å². The number of nitrogens with zero attached hydrogens (tertiary/aromatic N) is 2. The Balaban J connectivity index is 1.73. The van der Waals surface area contributed by atoms with Gasteiger partial charge in [-0.1, -0.05) is 0 Å². The summed E-state index contributed by atoms with van der Waals surface area (Å²) in [7, 11) is 0. The lowest BCUT2D eigenvalue weighted by molar-refractivity contribution is 0.0920. The molecule has 0 spiro atoms. The quantitative estimate of drug-likeness (QED) is 0.761. The van der Waals surface area contributed by atoms with Crippen molar-refractivity contribution in [3.63, 3.8) is 0 Å². The Morgan fingerprint density at radius 2 is 1.75 bits per heavy atom. The van der Waals surface area contributed by atoms with Crippen LogP contribution in [0.1, 0.15) is 33.1 Å². The first-order valence-electron chi connectivity index (χ1n) is 6.82. The van der Waals surface area contributed by atoms with Crippen LogP contribution in [0.2, 0.25) is 0 Å². The van der Waals surface area contributed by atoms with Crippen molar-refractivity contribution in [2.45, 2.75) is 39.2 Å². The van der Waals surface area contributed by atoms with Crippen molar-refractivity contribution in [2.75, 3.05) is 39.3 Å². The fourth-order valence-corrected chi connectivity index (χ4v) is 2.88. The number of hydrogen-bond donors (Lipinski definition) is 1. The summed E-state index contributed by atoms with van der Waals surface area (Å²) in [6.45, 7) is 11.8. The van der Waals surface area contributed by atoms with E-state index in [1.54, 1.807) is 0 Å². The van der Waals surface area contributed by atoms with Crippen LogP contribution in [-0.2, 0) is 0 Å². The highest BCUT2D eigenvalue weighted by molar-refractivity contribution is 4.96. The van der Waals surface area contributed by atoms with Crippen molar-refractivity contribution in [1.29, 1.82) is 0 Å². The minimum atomic E-state index is 0.620. The van der Waals surface area contributed by atoms with E-state index < -0.39 is 0 Å². The first kappa shape index (κ1) is 12.3. The van der Waals surface area contributed by atoms with Gasteiger partial charge in [0.2, 0.25) is 0 Å². The van der Waals surface area contributed by atoms with Crippen molar-refractivity contribution in [1.82, 2.24) is 9.80 Å². The minimum Gasteiger partial charge on any atom is -0.330 e. The highest BCUT2D eigenvalue weighted by atomic mass is 15.3. The van der Waals surface area contributed by atoms with Gasteiger partial charge in [-0.05, 0) is 45.1 Å². The van der Waals surface area contributed by atoms with Gasteiger partial charge < -0.3 is 10.6 Å². The largest absolute Gasteiger partial charge is 0.330 e. The molecule has 1 aliphatic carbocycles. The van der Waals surface area contributed by atoms with Gasteiger partial charge in [-0.3, -0.25) is 4.90 Å². The lowest BCUT2D eigenvalue weighted by Gasteiger charge is -2.38. The summed E-state index contributed by atoms with van der Waals surface area (Å²) in [4.78, 5) is 5.24. The third kappa shape index (κ3) is 2.96. The second-order valence-electron chi connectivity index (χ2n) is 5.94. The first-order valence-corrected chi connectivity index (χ1v) is 6.82. The van der Waals surface area contributed by atoms with Crippen molar-refractivity contribution in [3.8, 4) is 0 Å². The lowest BCUT2D eigenvalue weighted by atomic mass is 10.0. The molecule has 0 aromatic heterocycles. The standard InChI is InChI=1S/C13H27N3/c1-12(2)16-9-7-15(8-10-16)11-13(3-4-13)5-6-14/h12H,3-11,14H2,1-2H3. The van der Waals surface area contributed by atoms with E-state index in [2.05, 4.69) is 23.6 Å². The summed E-state index contributed by atoms with van der Waals surface area (Å²) < 4.78 is 0. The molecule has 1 heterocycles. The van der Waals surface area contributed by atoms with Gasteiger partial charge in [-0.15, -0.1) is 0 Å². The smallest absolute Gasteiger partial charge is 0.0113 e. The average Bonchev–Trinajstić information content (AvgIpc) is 2.99. The fraction of sp³-hybridized carbons (Fsp3) is 1.00.